The first-order valence-electron chi connectivity index (χ1n) is 9.76. The van der Waals surface area contributed by atoms with Gasteiger partial charge in [-0.15, -0.1) is 0 Å². The van der Waals surface area contributed by atoms with Crippen LogP contribution < -0.4 is 0 Å². The molecule has 30 heavy (non-hydrogen) atoms. The Balaban J connectivity index is 2.31. The lowest BCUT2D eigenvalue weighted by atomic mass is 9.85. The molecular formula is C22H28O8. The highest BCUT2D eigenvalue weighted by Crippen LogP contribution is 2.36. The molecule has 1 aliphatic heterocycles. The first kappa shape index (κ1) is 23.6. The lowest BCUT2D eigenvalue weighted by Crippen LogP contribution is -2.34. The Morgan fingerprint density at radius 3 is 2.73 bits per heavy atom. The van der Waals surface area contributed by atoms with Crippen molar-refractivity contribution in [2.75, 3.05) is 19.8 Å². The van der Waals surface area contributed by atoms with Gasteiger partial charge in [0.25, 0.3) is 0 Å². The Hall–Kier alpha value is -2.71. The van der Waals surface area contributed by atoms with E-state index in [0.717, 1.165) is 11.1 Å². The standard InChI is InChI=1S/C22H28O8/c1-13-5-4-6-16(11-23)10-19-20(14(2)21(26)29-19)18(9-13)30-22(27)17(12-24)7-8-28-15(3)25/h5,7,10,18-20,23-24H,2,4,6,8-9,11-12H2,1,3H3/b13-5+,16-10-,17-7-/t18-,19+,20+/m0/s1. The van der Waals surface area contributed by atoms with Gasteiger partial charge in [0.05, 0.1) is 24.7 Å². The molecule has 0 spiro atoms. The van der Waals surface area contributed by atoms with Crippen molar-refractivity contribution in [2.45, 2.75) is 45.3 Å². The van der Waals surface area contributed by atoms with E-state index in [1.807, 2.05) is 13.0 Å². The van der Waals surface area contributed by atoms with Crippen LogP contribution in [0.4, 0.5) is 0 Å². The van der Waals surface area contributed by atoms with E-state index >= 15 is 0 Å². The van der Waals surface area contributed by atoms with Gasteiger partial charge >= 0.3 is 17.9 Å². The monoisotopic (exact) mass is 420 g/mol. The molecule has 0 aromatic rings. The number of hydrogen-bond acceptors (Lipinski definition) is 8. The molecule has 0 radical (unpaired) electrons. The second-order valence-electron chi connectivity index (χ2n) is 7.33. The number of ether oxygens (including phenoxy) is 3. The Morgan fingerprint density at radius 1 is 1.37 bits per heavy atom. The van der Waals surface area contributed by atoms with Gasteiger partial charge in [-0.05, 0) is 37.5 Å². The summed E-state index contributed by atoms with van der Waals surface area (Å²) in [5.74, 6) is -2.50. The highest BCUT2D eigenvalue weighted by Gasteiger charge is 2.44. The van der Waals surface area contributed by atoms with E-state index in [0.29, 0.717) is 19.3 Å². The number of aliphatic hydroxyl groups is 2. The number of esters is 3. The van der Waals surface area contributed by atoms with Gasteiger partial charge in [-0.2, -0.15) is 0 Å². The summed E-state index contributed by atoms with van der Waals surface area (Å²) < 4.78 is 15.9. The van der Waals surface area contributed by atoms with E-state index in [9.17, 15) is 24.6 Å². The summed E-state index contributed by atoms with van der Waals surface area (Å²) in [6.45, 7) is 6.00. The minimum atomic E-state index is -0.781. The molecule has 0 bridgehead atoms. The molecule has 0 saturated carbocycles. The van der Waals surface area contributed by atoms with Gasteiger partial charge in [0.15, 0.2) is 0 Å². The molecule has 0 unspecified atom stereocenters. The molecule has 0 aromatic carbocycles. The lowest BCUT2D eigenvalue weighted by molar-refractivity contribution is -0.148. The Morgan fingerprint density at radius 2 is 2.10 bits per heavy atom. The normalized spacial score (nSPS) is 28.4. The van der Waals surface area contributed by atoms with Crippen molar-refractivity contribution in [3.8, 4) is 0 Å². The molecule has 0 aromatic heterocycles. The van der Waals surface area contributed by atoms with Crippen LogP contribution in [0.25, 0.3) is 0 Å². The quantitative estimate of drug-likeness (QED) is 0.287. The fourth-order valence-electron chi connectivity index (χ4n) is 3.46. The van der Waals surface area contributed by atoms with Crippen molar-refractivity contribution in [1.82, 2.24) is 0 Å². The van der Waals surface area contributed by atoms with E-state index in [4.69, 9.17) is 14.2 Å². The molecule has 3 atom stereocenters. The Labute approximate surface area is 175 Å². The molecule has 8 nitrogen and oxygen atoms in total. The number of aliphatic hydroxyl groups excluding tert-OH is 2. The topological polar surface area (TPSA) is 119 Å². The smallest absolute Gasteiger partial charge is 0.336 e. The zero-order valence-corrected chi connectivity index (χ0v) is 17.3. The van der Waals surface area contributed by atoms with Crippen LogP contribution in [0.1, 0.15) is 33.1 Å². The first-order valence-corrected chi connectivity index (χ1v) is 9.76. The minimum Gasteiger partial charge on any atom is -0.462 e. The third kappa shape index (κ3) is 6.14. The van der Waals surface area contributed by atoms with Crippen LogP contribution in [-0.2, 0) is 28.6 Å². The van der Waals surface area contributed by atoms with Gasteiger partial charge in [0.2, 0.25) is 0 Å². The second-order valence-corrected chi connectivity index (χ2v) is 7.33. The van der Waals surface area contributed by atoms with Gasteiger partial charge in [0, 0.05) is 18.9 Å². The fraction of sp³-hybridized carbons (Fsp3) is 0.500. The van der Waals surface area contributed by atoms with Crippen LogP contribution in [0.5, 0.6) is 0 Å². The van der Waals surface area contributed by atoms with Gasteiger partial charge in [-0.1, -0.05) is 18.2 Å². The predicted octanol–water partition coefficient (Wildman–Crippen LogP) is 1.53. The predicted molar refractivity (Wildman–Crippen MR) is 107 cm³/mol. The maximum Gasteiger partial charge on any atom is 0.336 e. The lowest BCUT2D eigenvalue weighted by Gasteiger charge is -2.27. The number of hydrogen-bond donors (Lipinski definition) is 2. The summed E-state index contributed by atoms with van der Waals surface area (Å²) in [7, 11) is 0. The fourth-order valence-corrected chi connectivity index (χ4v) is 3.46. The number of carbonyl (C=O) groups is 3. The highest BCUT2D eigenvalue weighted by atomic mass is 16.6. The van der Waals surface area contributed by atoms with Crippen molar-refractivity contribution in [1.29, 1.82) is 0 Å². The third-order valence-corrected chi connectivity index (χ3v) is 5.05. The molecule has 2 aliphatic rings. The summed E-state index contributed by atoms with van der Waals surface area (Å²) >= 11 is 0. The minimum absolute atomic E-state index is 0.0611. The van der Waals surface area contributed by atoms with E-state index in [1.54, 1.807) is 6.08 Å². The Bertz CT molecular complexity index is 789. The van der Waals surface area contributed by atoms with Crippen molar-refractivity contribution in [2.24, 2.45) is 5.92 Å². The molecule has 8 heteroatoms. The summed E-state index contributed by atoms with van der Waals surface area (Å²) in [6.07, 6.45) is 5.16. The van der Waals surface area contributed by atoms with Crippen molar-refractivity contribution in [3.63, 3.8) is 0 Å². The summed E-state index contributed by atoms with van der Waals surface area (Å²) in [4.78, 5) is 35.7. The first-order chi connectivity index (χ1) is 14.3. The maximum absolute atomic E-state index is 12.7. The maximum atomic E-state index is 12.7. The third-order valence-electron chi connectivity index (χ3n) is 5.05. The molecule has 1 fully saturated rings. The SMILES string of the molecule is C=C1C(=O)O[C@@H]2/C=C(\CO)CC/C=C(\C)C[C@H](OC(=O)/C(=C\COC(C)=O)CO)[C@@H]12. The summed E-state index contributed by atoms with van der Waals surface area (Å²) in [5.41, 5.74) is 1.80. The number of carbonyl (C=O) groups excluding carboxylic acids is 3. The number of fused-ring (bicyclic) bond motifs is 1. The molecule has 2 rings (SSSR count). The van der Waals surface area contributed by atoms with Crippen LogP contribution in [-0.4, -0.2) is 60.1 Å². The molecule has 1 saturated heterocycles. The molecule has 0 amide bonds. The average molecular weight is 420 g/mol. The van der Waals surface area contributed by atoms with Crippen LogP contribution in [0.3, 0.4) is 0 Å². The average Bonchev–Trinajstić information content (AvgIpc) is 2.96. The Kier molecular flexibility index (Phi) is 8.56. The van der Waals surface area contributed by atoms with Crippen LogP contribution in [0.15, 0.2) is 47.1 Å². The summed E-state index contributed by atoms with van der Waals surface area (Å²) in [6, 6.07) is 0. The van der Waals surface area contributed by atoms with Crippen molar-refractivity contribution in [3.05, 3.63) is 47.1 Å². The van der Waals surface area contributed by atoms with Gasteiger partial charge < -0.3 is 24.4 Å². The van der Waals surface area contributed by atoms with Gasteiger partial charge in [-0.3, -0.25) is 4.79 Å². The number of rotatable bonds is 6. The molecule has 1 aliphatic carbocycles. The van der Waals surface area contributed by atoms with E-state index in [-0.39, 0.29) is 24.4 Å². The zero-order chi connectivity index (χ0) is 22.3. The molecule has 1 heterocycles. The van der Waals surface area contributed by atoms with Crippen LogP contribution in [0.2, 0.25) is 0 Å². The highest BCUT2D eigenvalue weighted by molar-refractivity contribution is 5.92. The van der Waals surface area contributed by atoms with Gasteiger partial charge in [0.1, 0.15) is 18.8 Å². The zero-order valence-electron chi connectivity index (χ0n) is 17.3. The molecular weight excluding hydrogens is 392 g/mol. The largest absolute Gasteiger partial charge is 0.462 e. The van der Waals surface area contributed by atoms with E-state index in [2.05, 4.69) is 6.58 Å². The van der Waals surface area contributed by atoms with Gasteiger partial charge in [-0.25, -0.2) is 9.59 Å². The van der Waals surface area contributed by atoms with Crippen LogP contribution >= 0.6 is 0 Å². The number of allylic oxidation sites excluding steroid dienone is 1. The second kappa shape index (κ2) is 10.9. The van der Waals surface area contributed by atoms with Crippen molar-refractivity contribution < 1.29 is 38.8 Å². The van der Waals surface area contributed by atoms with E-state index in [1.165, 1.54) is 13.0 Å². The van der Waals surface area contributed by atoms with E-state index < -0.39 is 42.6 Å². The molecule has 164 valence electrons. The van der Waals surface area contributed by atoms with Crippen molar-refractivity contribution >= 4 is 17.9 Å². The molecule has 2 N–H and O–H groups in total. The summed E-state index contributed by atoms with van der Waals surface area (Å²) in [5, 5.41) is 19.1. The van der Waals surface area contributed by atoms with Crippen LogP contribution in [0, 0.1) is 5.92 Å².